The lowest BCUT2D eigenvalue weighted by molar-refractivity contribution is 0.181. The van der Waals surface area contributed by atoms with Crippen LogP contribution in [0, 0.1) is 5.92 Å². The highest BCUT2D eigenvalue weighted by Crippen LogP contribution is 2.29. The molecule has 0 N–H and O–H groups in total. The standard InChI is InChI=1S/C17H29N3OS/c1-12(2)14-10-20(7-8-22-14)15-9-13(11-21-6)18-16(19-15)17(3,4)5/h9,12,14H,7-8,10-11H2,1-6H3. The molecular weight excluding hydrogens is 294 g/mol. The maximum atomic E-state index is 5.28. The molecule has 5 heteroatoms. The maximum Gasteiger partial charge on any atom is 0.136 e. The van der Waals surface area contributed by atoms with Crippen LogP contribution in [0.1, 0.15) is 46.1 Å². The molecule has 1 saturated heterocycles. The summed E-state index contributed by atoms with van der Waals surface area (Å²) in [5.41, 5.74) is 0.914. The largest absolute Gasteiger partial charge is 0.378 e. The molecule has 1 atom stereocenters. The fraction of sp³-hybridized carbons (Fsp3) is 0.765. The Balaban J connectivity index is 2.30. The van der Waals surface area contributed by atoms with Gasteiger partial charge >= 0.3 is 0 Å². The lowest BCUT2D eigenvalue weighted by Crippen LogP contribution is -2.40. The second-order valence-electron chi connectivity index (χ2n) is 7.32. The molecule has 4 nitrogen and oxygen atoms in total. The molecule has 0 aromatic carbocycles. The Morgan fingerprint density at radius 2 is 2.09 bits per heavy atom. The summed E-state index contributed by atoms with van der Waals surface area (Å²) < 4.78 is 5.28. The third-order valence-electron chi connectivity index (χ3n) is 3.89. The molecule has 124 valence electrons. The number of anilines is 1. The third kappa shape index (κ3) is 4.35. The van der Waals surface area contributed by atoms with E-state index in [1.165, 1.54) is 0 Å². The Labute approximate surface area is 139 Å². The van der Waals surface area contributed by atoms with Gasteiger partial charge in [-0.1, -0.05) is 34.6 Å². The van der Waals surface area contributed by atoms with Gasteiger partial charge in [-0.15, -0.1) is 0 Å². The summed E-state index contributed by atoms with van der Waals surface area (Å²) in [5, 5.41) is 0.674. The number of thioether (sulfide) groups is 1. The van der Waals surface area contributed by atoms with Crippen LogP contribution in [0.5, 0.6) is 0 Å². The van der Waals surface area contributed by atoms with E-state index in [0.29, 0.717) is 17.8 Å². The highest BCUT2D eigenvalue weighted by molar-refractivity contribution is 8.00. The van der Waals surface area contributed by atoms with E-state index >= 15 is 0 Å². The summed E-state index contributed by atoms with van der Waals surface area (Å²) in [6.07, 6.45) is 0. The van der Waals surface area contributed by atoms with Crippen LogP contribution in [0.15, 0.2) is 6.07 Å². The van der Waals surface area contributed by atoms with Crippen molar-refractivity contribution < 1.29 is 4.74 Å². The second-order valence-corrected chi connectivity index (χ2v) is 8.67. The minimum atomic E-state index is -0.0551. The molecule has 0 amide bonds. The van der Waals surface area contributed by atoms with Gasteiger partial charge in [-0.25, -0.2) is 9.97 Å². The van der Waals surface area contributed by atoms with Crippen molar-refractivity contribution in [1.82, 2.24) is 9.97 Å². The molecule has 1 aromatic rings. The minimum Gasteiger partial charge on any atom is -0.378 e. The summed E-state index contributed by atoms with van der Waals surface area (Å²) in [7, 11) is 1.71. The van der Waals surface area contributed by atoms with Gasteiger partial charge in [0.2, 0.25) is 0 Å². The van der Waals surface area contributed by atoms with E-state index in [4.69, 9.17) is 9.72 Å². The monoisotopic (exact) mass is 323 g/mol. The Hall–Kier alpha value is -0.810. The summed E-state index contributed by atoms with van der Waals surface area (Å²) in [6.45, 7) is 13.7. The van der Waals surface area contributed by atoms with Crippen LogP contribution in [0.3, 0.4) is 0 Å². The Morgan fingerprint density at radius 1 is 1.36 bits per heavy atom. The van der Waals surface area contributed by atoms with Crippen LogP contribution in [0.2, 0.25) is 0 Å². The predicted octanol–water partition coefficient (Wildman–Crippen LogP) is 3.50. The first-order valence-electron chi connectivity index (χ1n) is 8.05. The fourth-order valence-electron chi connectivity index (χ4n) is 2.49. The summed E-state index contributed by atoms with van der Waals surface area (Å²) >= 11 is 2.08. The first-order valence-corrected chi connectivity index (χ1v) is 9.10. The number of nitrogens with zero attached hydrogens (tertiary/aromatic N) is 3. The van der Waals surface area contributed by atoms with Crippen molar-refractivity contribution in [2.24, 2.45) is 5.92 Å². The smallest absolute Gasteiger partial charge is 0.136 e. The Bertz CT molecular complexity index is 499. The van der Waals surface area contributed by atoms with Gasteiger partial charge in [0.25, 0.3) is 0 Å². The van der Waals surface area contributed by atoms with Gasteiger partial charge in [0, 0.05) is 42.7 Å². The first kappa shape index (κ1) is 17.5. The number of aromatic nitrogens is 2. The van der Waals surface area contributed by atoms with Crippen LogP contribution in [0.4, 0.5) is 5.82 Å². The molecule has 1 aliphatic rings. The average Bonchev–Trinajstić information content (AvgIpc) is 2.46. The van der Waals surface area contributed by atoms with Crippen LogP contribution >= 0.6 is 11.8 Å². The number of methoxy groups -OCH3 is 1. The number of hydrogen-bond donors (Lipinski definition) is 0. The van der Waals surface area contributed by atoms with E-state index in [1.54, 1.807) is 7.11 Å². The highest BCUT2D eigenvalue weighted by Gasteiger charge is 2.26. The van der Waals surface area contributed by atoms with E-state index in [2.05, 4.69) is 62.3 Å². The van der Waals surface area contributed by atoms with Crippen LogP contribution in [-0.4, -0.2) is 41.2 Å². The zero-order valence-electron chi connectivity index (χ0n) is 14.7. The maximum absolute atomic E-state index is 5.28. The van der Waals surface area contributed by atoms with E-state index in [0.717, 1.165) is 36.2 Å². The third-order valence-corrected chi connectivity index (χ3v) is 5.43. The molecule has 1 aromatic heterocycles. The quantitative estimate of drug-likeness (QED) is 0.848. The van der Waals surface area contributed by atoms with Gasteiger partial charge in [0.05, 0.1) is 12.3 Å². The van der Waals surface area contributed by atoms with Gasteiger partial charge < -0.3 is 9.64 Å². The van der Waals surface area contributed by atoms with Crippen molar-refractivity contribution in [3.8, 4) is 0 Å². The molecule has 22 heavy (non-hydrogen) atoms. The van der Waals surface area contributed by atoms with E-state index in [1.807, 2.05) is 0 Å². The molecule has 2 heterocycles. The van der Waals surface area contributed by atoms with E-state index < -0.39 is 0 Å². The zero-order chi connectivity index (χ0) is 16.3. The second kappa shape index (κ2) is 7.18. The summed E-state index contributed by atoms with van der Waals surface area (Å²) in [4.78, 5) is 11.9. The molecule has 0 aliphatic carbocycles. The van der Waals surface area contributed by atoms with Gasteiger partial charge in [-0.05, 0) is 5.92 Å². The van der Waals surface area contributed by atoms with E-state index in [-0.39, 0.29) is 5.41 Å². The molecule has 0 spiro atoms. The van der Waals surface area contributed by atoms with Gasteiger partial charge in [-0.2, -0.15) is 11.8 Å². The minimum absolute atomic E-state index is 0.0551. The molecule has 1 fully saturated rings. The van der Waals surface area contributed by atoms with Gasteiger partial charge in [0.15, 0.2) is 0 Å². The normalized spacial score (nSPS) is 19.8. The zero-order valence-corrected chi connectivity index (χ0v) is 15.5. The molecule has 0 bridgehead atoms. The topological polar surface area (TPSA) is 38.2 Å². The fourth-order valence-corrected chi connectivity index (χ4v) is 3.79. The molecule has 2 rings (SSSR count). The molecule has 0 saturated carbocycles. The summed E-state index contributed by atoms with van der Waals surface area (Å²) in [5.74, 6) is 3.81. The van der Waals surface area contributed by atoms with Crippen molar-refractivity contribution in [3.05, 3.63) is 17.6 Å². The van der Waals surface area contributed by atoms with Gasteiger partial charge in [0.1, 0.15) is 11.6 Å². The Morgan fingerprint density at radius 3 is 2.68 bits per heavy atom. The summed E-state index contributed by atoms with van der Waals surface area (Å²) in [6, 6.07) is 2.09. The number of ether oxygens (including phenoxy) is 1. The number of rotatable bonds is 4. The van der Waals surface area contributed by atoms with Crippen molar-refractivity contribution >= 4 is 17.6 Å². The van der Waals surface area contributed by atoms with Crippen molar-refractivity contribution in [2.75, 3.05) is 30.9 Å². The molecule has 0 radical (unpaired) electrons. The van der Waals surface area contributed by atoms with Crippen LogP contribution < -0.4 is 4.90 Å². The number of hydrogen-bond acceptors (Lipinski definition) is 5. The predicted molar refractivity (Wildman–Crippen MR) is 94.7 cm³/mol. The van der Waals surface area contributed by atoms with Crippen molar-refractivity contribution in [1.29, 1.82) is 0 Å². The van der Waals surface area contributed by atoms with E-state index in [9.17, 15) is 0 Å². The lowest BCUT2D eigenvalue weighted by Gasteiger charge is -2.35. The lowest BCUT2D eigenvalue weighted by atomic mass is 9.95. The van der Waals surface area contributed by atoms with Crippen molar-refractivity contribution in [3.63, 3.8) is 0 Å². The molecular formula is C17H29N3OS. The highest BCUT2D eigenvalue weighted by atomic mass is 32.2. The molecule has 1 aliphatic heterocycles. The molecule has 1 unspecified atom stereocenters. The first-order chi connectivity index (χ1) is 10.3. The van der Waals surface area contributed by atoms with Crippen molar-refractivity contribution in [2.45, 2.75) is 51.9 Å². The average molecular weight is 324 g/mol. The van der Waals surface area contributed by atoms with Crippen LogP contribution in [-0.2, 0) is 16.8 Å². The Kier molecular flexibility index (Phi) is 5.72. The SMILES string of the molecule is COCc1cc(N2CCSC(C(C)C)C2)nc(C(C)(C)C)n1. The van der Waals surface area contributed by atoms with Gasteiger partial charge in [-0.3, -0.25) is 0 Å². The van der Waals surface area contributed by atoms with Crippen LogP contribution in [0.25, 0.3) is 0 Å².